The van der Waals surface area contributed by atoms with E-state index in [1.54, 1.807) is 26.0 Å². The summed E-state index contributed by atoms with van der Waals surface area (Å²) in [6, 6.07) is 5.83. The molecule has 2 amide bonds. The number of aryl methyl sites for hydroxylation is 2. The molecule has 0 bridgehead atoms. The van der Waals surface area contributed by atoms with Crippen LogP contribution in [0.15, 0.2) is 33.6 Å². The number of hydrogen-bond donors (Lipinski definition) is 2. The lowest BCUT2D eigenvalue weighted by Gasteiger charge is -2.09. The van der Waals surface area contributed by atoms with Gasteiger partial charge in [0.1, 0.15) is 11.5 Å². The zero-order valence-corrected chi connectivity index (χ0v) is 17.0. The number of furan rings is 1. The average molecular weight is 405 g/mol. The number of hydrazine groups is 1. The Morgan fingerprint density at radius 3 is 2.43 bits per heavy atom. The van der Waals surface area contributed by atoms with Crippen molar-refractivity contribution in [3.05, 3.63) is 57.0 Å². The predicted molar refractivity (Wildman–Crippen MR) is 106 cm³/mol. The van der Waals surface area contributed by atoms with Gasteiger partial charge in [-0.3, -0.25) is 30.6 Å². The van der Waals surface area contributed by atoms with Gasteiger partial charge in [-0.2, -0.15) is 0 Å². The van der Waals surface area contributed by atoms with Crippen molar-refractivity contribution in [2.45, 2.75) is 39.0 Å². The number of nitro groups is 1. The second kappa shape index (κ2) is 9.41. The van der Waals surface area contributed by atoms with E-state index in [-0.39, 0.29) is 11.3 Å². The normalized spacial score (nSPS) is 10.8. The van der Waals surface area contributed by atoms with Crippen LogP contribution in [-0.2, 0) is 0 Å². The Morgan fingerprint density at radius 2 is 1.86 bits per heavy atom. The molecule has 150 valence electrons. The fourth-order valence-corrected chi connectivity index (χ4v) is 3.69. The lowest BCUT2D eigenvalue weighted by atomic mass is 10.2. The van der Waals surface area contributed by atoms with Gasteiger partial charge in [0.25, 0.3) is 17.5 Å². The van der Waals surface area contributed by atoms with Gasteiger partial charge in [0.15, 0.2) is 0 Å². The molecule has 28 heavy (non-hydrogen) atoms. The van der Waals surface area contributed by atoms with Crippen molar-refractivity contribution in [3.8, 4) is 0 Å². The Kier molecular flexibility index (Phi) is 7.22. The van der Waals surface area contributed by atoms with Gasteiger partial charge >= 0.3 is 0 Å². The van der Waals surface area contributed by atoms with E-state index < -0.39 is 16.7 Å². The van der Waals surface area contributed by atoms with Gasteiger partial charge in [-0.1, -0.05) is 13.8 Å². The highest BCUT2D eigenvalue weighted by molar-refractivity contribution is 7.99. The lowest BCUT2D eigenvalue weighted by molar-refractivity contribution is -0.387. The molecule has 0 aliphatic heterocycles. The summed E-state index contributed by atoms with van der Waals surface area (Å²) in [5.74, 6) is 1.09. The van der Waals surface area contributed by atoms with Crippen LogP contribution in [0.4, 0.5) is 5.69 Å². The van der Waals surface area contributed by atoms with Gasteiger partial charge in [-0.25, -0.2) is 0 Å². The number of carbonyl (C=O) groups excluding carboxylic acids is 2. The number of nitrogens with zero attached hydrogens (tertiary/aromatic N) is 1. The van der Waals surface area contributed by atoms with E-state index in [9.17, 15) is 19.7 Å². The molecule has 2 rings (SSSR count). The molecule has 0 fully saturated rings. The minimum Gasteiger partial charge on any atom is -0.466 e. The van der Waals surface area contributed by atoms with E-state index >= 15 is 0 Å². The summed E-state index contributed by atoms with van der Waals surface area (Å²) in [7, 11) is 0. The zero-order chi connectivity index (χ0) is 20.8. The van der Waals surface area contributed by atoms with Crippen LogP contribution in [0.1, 0.15) is 52.5 Å². The van der Waals surface area contributed by atoms with Gasteiger partial charge in [0.05, 0.1) is 15.4 Å². The van der Waals surface area contributed by atoms with E-state index in [0.29, 0.717) is 27.9 Å². The van der Waals surface area contributed by atoms with Crippen molar-refractivity contribution < 1.29 is 18.9 Å². The summed E-state index contributed by atoms with van der Waals surface area (Å²) >= 11 is 1.39. The van der Waals surface area contributed by atoms with Crippen molar-refractivity contribution in [1.29, 1.82) is 0 Å². The van der Waals surface area contributed by atoms with E-state index in [1.807, 2.05) is 0 Å². The lowest BCUT2D eigenvalue weighted by Crippen LogP contribution is -2.41. The predicted octanol–water partition coefficient (Wildman–Crippen LogP) is 4.02. The first-order chi connectivity index (χ1) is 13.2. The van der Waals surface area contributed by atoms with Gasteiger partial charge in [0, 0.05) is 11.6 Å². The highest BCUT2D eigenvalue weighted by Gasteiger charge is 2.19. The molecule has 0 aliphatic carbocycles. The Hall–Kier alpha value is -2.81. The summed E-state index contributed by atoms with van der Waals surface area (Å²) in [6.07, 6.45) is 0.934. The molecule has 0 unspecified atom stereocenters. The average Bonchev–Trinajstić information content (AvgIpc) is 2.97. The molecular weight excluding hydrogens is 382 g/mol. The fourth-order valence-electron chi connectivity index (χ4n) is 2.44. The first-order valence-electron chi connectivity index (χ1n) is 8.78. The maximum absolute atomic E-state index is 12.3. The zero-order valence-electron chi connectivity index (χ0n) is 16.2. The third-order valence-electron chi connectivity index (χ3n) is 3.95. The van der Waals surface area contributed by atoms with Gasteiger partial charge in [-0.05, 0) is 50.1 Å². The number of benzene rings is 1. The quantitative estimate of drug-likeness (QED) is 0.408. The Balaban J connectivity index is 2.06. The van der Waals surface area contributed by atoms with Crippen molar-refractivity contribution in [2.24, 2.45) is 5.92 Å². The first-order valence-corrected chi connectivity index (χ1v) is 9.76. The van der Waals surface area contributed by atoms with E-state index in [2.05, 4.69) is 24.7 Å². The molecule has 0 atom stereocenters. The van der Waals surface area contributed by atoms with Crippen LogP contribution in [0.25, 0.3) is 0 Å². The molecule has 1 heterocycles. The standard InChI is InChI=1S/C19H23N3O5S/c1-11(2)7-8-28-17-6-5-14(10-16(17)22(25)26)18(23)20-21-19(24)15-9-12(3)27-13(15)4/h5-6,9-11H,7-8H2,1-4H3,(H,20,23)(H,21,24). The highest BCUT2D eigenvalue weighted by Crippen LogP contribution is 2.31. The molecule has 9 heteroatoms. The maximum atomic E-state index is 12.3. The Labute approximate surface area is 167 Å². The number of nitrogens with one attached hydrogen (secondary N) is 2. The Morgan fingerprint density at radius 1 is 1.18 bits per heavy atom. The number of thioether (sulfide) groups is 1. The number of hydrogen-bond acceptors (Lipinski definition) is 6. The van der Waals surface area contributed by atoms with Crippen LogP contribution in [0.2, 0.25) is 0 Å². The van der Waals surface area contributed by atoms with Crippen LogP contribution in [0.3, 0.4) is 0 Å². The molecule has 0 saturated heterocycles. The smallest absolute Gasteiger partial charge is 0.283 e. The van der Waals surface area contributed by atoms with Crippen molar-refractivity contribution in [3.63, 3.8) is 0 Å². The Bertz CT molecular complexity index is 892. The van der Waals surface area contributed by atoms with Crippen molar-refractivity contribution in [1.82, 2.24) is 10.9 Å². The summed E-state index contributed by atoms with van der Waals surface area (Å²) in [5, 5.41) is 11.4. The monoisotopic (exact) mass is 405 g/mol. The van der Waals surface area contributed by atoms with Crippen molar-refractivity contribution >= 4 is 29.3 Å². The summed E-state index contributed by atoms with van der Waals surface area (Å²) in [5.41, 5.74) is 4.82. The fraction of sp³-hybridized carbons (Fsp3) is 0.368. The molecule has 1 aromatic carbocycles. The topological polar surface area (TPSA) is 114 Å². The van der Waals surface area contributed by atoms with Crippen LogP contribution in [-0.4, -0.2) is 22.5 Å². The van der Waals surface area contributed by atoms with Crippen molar-refractivity contribution in [2.75, 3.05) is 5.75 Å². The van der Waals surface area contributed by atoms with Crippen LogP contribution < -0.4 is 10.9 Å². The maximum Gasteiger partial charge on any atom is 0.283 e. The molecule has 2 aromatic rings. The molecule has 0 aliphatic rings. The van der Waals surface area contributed by atoms with Gasteiger partial charge < -0.3 is 4.42 Å². The SMILES string of the molecule is Cc1cc(C(=O)NNC(=O)c2ccc(SCCC(C)C)c([N+](=O)[O-])c2)c(C)o1. The second-order valence-electron chi connectivity index (χ2n) is 6.71. The third-order valence-corrected chi connectivity index (χ3v) is 5.04. The summed E-state index contributed by atoms with van der Waals surface area (Å²) in [6.45, 7) is 7.52. The molecule has 8 nitrogen and oxygen atoms in total. The molecular formula is C19H23N3O5S. The first kappa shape index (κ1) is 21.5. The van der Waals surface area contributed by atoms with Crippen LogP contribution in [0.5, 0.6) is 0 Å². The minimum atomic E-state index is -0.645. The summed E-state index contributed by atoms with van der Waals surface area (Å²) < 4.78 is 5.28. The largest absolute Gasteiger partial charge is 0.466 e. The summed E-state index contributed by atoms with van der Waals surface area (Å²) in [4.78, 5) is 35.8. The molecule has 0 saturated carbocycles. The van der Waals surface area contributed by atoms with E-state index in [4.69, 9.17) is 4.42 Å². The minimum absolute atomic E-state index is 0.0836. The number of nitro benzene ring substituents is 1. The third kappa shape index (κ3) is 5.59. The molecule has 1 aromatic heterocycles. The number of amides is 2. The van der Waals surface area contributed by atoms with Gasteiger partial charge in [-0.15, -0.1) is 11.8 Å². The van der Waals surface area contributed by atoms with Gasteiger partial charge in [0.2, 0.25) is 0 Å². The van der Waals surface area contributed by atoms with E-state index in [0.717, 1.165) is 12.2 Å². The molecule has 0 radical (unpaired) electrons. The molecule has 2 N–H and O–H groups in total. The molecule has 0 spiro atoms. The number of carbonyl (C=O) groups is 2. The second-order valence-corrected chi connectivity index (χ2v) is 7.84. The van der Waals surface area contributed by atoms with E-state index in [1.165, 1.54) is 23.9 Å². The van der Waals surface area contributed by atoms with Crippen LogP contribution >= 0.6 is 11.8 Å². The highest BCUT2D eigenvalue weighted by atomic mass is 32.2. The van der Waals surface area contributed by atoms with Crippen LogP contribution in [0, 0.1) is 29.9 Å². The number of rotatable bonds is 7.